The van der Waals surface area contributed by atoms with Crippen molar-refractivity contribution in [1.29, 1.82) is 0 Å². The number of carbonyl (C=O) groups is 1. The third-order valence-electron chi connectivity index (χ3n) is 3.51. The quantitative estimate of drug-likeness (QED) is 0.822. The van der Waals surface area contributed by atoms with E-state index in [0.29, 0.717) is 44.4 Å². The van der Waals surface area contributed by atoms with Crippen molar-refractivity contribution in [3.8, 4) is 0 Å². The Morgan fingerprint density at radius 2 is 2.16 bits per heavy atom. The van der Waals surface area contributed by atoms with Gasteiger partial charge in [-0.2, -0.15) is 4.98 Å². The van der Waals surface area contributed by atoms with Crippen molar-refractivity contribution in [3.05, 3.63) is 5.82 Å². The molecule has 0 atom stereocenters. The van der Waals surface area contributed by atoms with Gasteiger partial charge in [-0.3, -0.25) is 4.79 Å². The number of ether oxygens (including phenoxy) is 1. The minimum Gasteiger partial charge on any atom is -0.381 e. The van der Waals surface area contributed by atoms with Crippen LogP contribution < -0.4 is 11.1 Å². The van der Waals surface area contributed by atoms with Crippen LogP contribution in [-0.4, -0.2) is 35.8 Å². The van der Waals surface area contributed by atoms with E-state index in [1.165, 1.54) is 0 Å². The maximum atomic E-state index is 11.7. The number of nitrogens with zero attached hydrogens (tertiary/aromatic N) is 2. The Bertz CT molecular complexity index is 438. The topological polar surface area (TPSA) is 103 Å². The van der Waals surface area contributed by atoms with Crippen molar-refractivity contribution in [1.82, 2.24) is 10.1 Å². The number of rotatable bonds is 5. The van der Waals surface area contributed by atoms with Crippen LogP contribution in [0.1, 0.15) is 38.4 Å². The molecule has 0 radical (unpaired) electrons. The second-order valence-electron chi connectivity index (χ2n) is 5.22. The number of hydrogen-bond donors (Lipinski definition) is 2. The highest BCUT2D eigenvalue weighted by Gasteiger charge is 2.38. The molecule has 1 saturated heterocycles. The zero-order valence-corrected chi connectivity index (χ0v) is 11.3. The van der Waals surface area contributed by atoms with E-state index in [1.807, 2.05) is 13.8 Å². The fraction of sp³-hybridized carbons (Fsp3) is 0.750. The van der Waals surface area contributed by atoms with E-state index in [2.05, 4.69) is 15.5 Å². The molecule has 7 heteroatoms. The Kier molecular flexibility index (Phi) is 4.04. The Balaban J connectivity index is 2.00. The first-order valence-electron chi connectivity index (χ1n) is 6.49. The lowest BCUT2D eigenvalue weighted by Crippen LogP contribution is -2.46. The average Bonchev–Trinajstić information content (AvgIpc) is 2.86. The number of nitrogens with two attached hydrogens (primary N) is 1. The van der Waals surface area contributed by atoms with Crippen molar-refractivity contribution >= 4 is 11.9 Å². The summed E-state index contributed by atoms with van der Waals surface area (Å²) in [5.41, 5.74) is 4.93. The molecule has 0 aliphatic carbocycles. The monoisotopic (exact) mass is 268 g/mol. The standard InChI is InChI=1S/C12H20N4O3/c1-8(2)9-15-11(19-16-9)14-7-12(10(13)17)3-5-18-6-4-12/h8H,3-7H2,1-2H3,(H2,13,17)(H,14,15,16). The van der Waals surface area contributed by atoms with Gasteiger partial charge in [0.15, 0.2) is 5.82 Å². The molecule has 0 unspecified atom stereocenters. The fourth-order valence-electron chi connectivity index (χ4n) is 2.06. The molecule has 7 nitrogen and oxygen atoms in total. The van der Waals surface area contributed by atoms with Gasteiger partial charge in [0.2, 0.25) is 5.91 Å². The van der Waals surface area contributed by atoms with Crippen LogP contribution in [0, 0.1) is 5.41 Å². The smallest absolute Gasteiger partial charge is 0.321 e. The molecule has 1 fully saturated rings. The zero-order valence-electron chi connectivity index (χ0n) is 11.3. The summed E-state index contributed by atoms with van der Waals surface area (Å²) in [6.45, 7) is 5.46. The van der Waals surface area contributed by atoms with Gasteiger partial charge in [-0.1, -0.05) is 19.0 Å². The Morgan fingerprint density at radius 3 is 2.68 bits per heavy atom. The lowest BCUT2D eigenvalue weighted by molar-refractivity contribution is -0.132. The van der Waals surface area contributed by atoms with Crippen LogP contribution in [0.4, 0.5) is 6.01 Å². The van der Waals surface area contributed by atoms with Crippen LogP contribution in [-0.2, 0) is 9.53 Å². The largest absolute Gasteiger partial charge is 0.381 e. The van der Waals surface area contributed by atoms with E-state index >= 15 is 0 Å². The number of hydrogen-bond acceptors (Lipinski definition) is 6. The summed E-state index contributed by atoms with van der Waals surface area (Å²) >= 11 is 0. The zero-order chi connectivity index (χ0) is 13.9. The Morgan fingerprint density at radius 1 is 1.47 bits per heavy atom. The van der Waals surface area contributed by atoms with E-state index < -0.39 is 5.41 Å². The van der Waals surface area contributed by atoms with Crippen molar-refractivity contribution in [2.75, 3.05) is 25.1 Å². The van der Waals surface area contributed by atoms with Crippen molar-refractivity contribution in [3.63, 3.8) is 0 Å². The lowest BCUT2D eigenvalue weighted by Gasteiger charge is -2.33. The third-order valence-corrected chi connectivity index (χ3v) is 3.51. The highest BCUT2D eigenvalue weighted by atomic mass is 16.5. The number of carbonyl (C=O) groups excluding carboxylic acids is 1. The molecule has 19 heavy (non-hydrogen) atoms. The Labute approximate surface area is 111 Å². The predicted octanol–water partition coefficient (Wildman–Crippen LogP) is 0.887. The van der Waals surface area contributed by atoms with Crippen molar-refractivity contribution in [2.24, 2.45) is 11.1 Å². The Hall–Kier alpha value is -1.63. The van der Waals surface area contributed by atoms with Crippen LogP contribution in [0.2, 0.25) is 0 Å². The van der Waals surface area contributed by atoms with Crippen LogP contribution >= 0.6 is 0 Å². The number of nitrogens with one attached hydrogen (secondary N) is 1. The molecule has 0 bridgehead atoms. The van der Waals surface area contributed by atoms with Crippen LogP contribution in [0.3, 0.4) is 0 Å². The average molecular weight is 268 g/mol. The molecule has 1 aliphatic heterocycles. The van der Waals surface area contributed by atoms with Gasteiger partial charge < -0.3 is 20.3 Å². The fourth-order valence-corrected chi connectivity index (χ4v) is 2.06. The minimum atomic E-state index is -0.593. The van der Waals surface area contributed by atoms with Gasteiger partial charge in [0.05, 0.1) is 5.41 Å². The van der Waals surface area contributed by atoms with E-state index in [9.17, 15) is 4.79 Å². The van der Waals surface area contributed by atoms with Crippen molar-refractivity contribution in [2.45, 2.75) is 32.6 Å². The third kappa shape index (κ3) is 3.04. The molecule has 3 N–H and O–H groups in total. The van der Waals surface area contributed by atoms with E-state index in [1.54, 1.807) is 0 Å². The van der Waals surface area contributed by atoms with Crippen LogP contribution in [0.15, 0.2) is 4.52 Å². The second-order valence-corrected chi connectivity index (χ2v) is 5.22. The minimum absolute atomic E-state index is 0.201. The molecule has 0 saturated carbocycles. The number of primary amides is 1. The molecule has 0 aromatic carbocycles. The molecule has 2 heterocycles. The van der Waals surface area contributed by atoms with Crippen LogP contribution in [0.5, 0.6) is 0 Å². The molecular weight excluding hydrogens is 248 g/mol. The van der Waals surface area contributed by atoms with E-state index in [0.717, 1.165) is 0 Å². The summed E-state index contributed by atoms with van der Waals surface area (Å²) in [6, 6.07) is 0.329. The number of anilines is 1. The van der Waals surface area contributed by atoms with Gasteiger partial charge in [-0.15, -0.1) is 0 Å². The molecule has 106 valence electrons. The van der Waals surface area contributed by atoms with Gasteiger partial charge in [0.1, 0.15) is 0 Å². The maximum Gasteiger partial charge on any atom is 0.321 e. The van der Waals surface area contributed by atoms with Gasteiger partial charge in [0.25, 0.3) is 0 Å². The summed E-state index contributed by atoms with van der Waals surface area (Å²) in [4.78, 5) is 15.9. The number of aromatic nitrogens is 2. The molecule has 1 aromatic rings. The van der Waals surface area contributed by atoms with Crippen LogP contribution in [0.25, 0.3) is 0 Å². The molecule has 1 amide bonds. The SMILES string of the molecule is CC(C)c1noc(NCC2(C(N)=O)CCOCC2)n1. The summed E-state index contributed by atoms with van der Waals surface area (Å²) in [7, 11) is 0. The molecule has 1 aliphatic rings. The van der Waals surface area contributed by atoms with E-state index in [4.69, 9.17) is 15.0 Å². The first kappa shape index (κ1) is 13.8. The van der Waals surface area contributed by atoms with Gasteiger partial charge in [-0.05, 0) is 12.8 Å². The normalized spacial score (nSPS) is 18.5. The molecule has 2 rings (SSSR count). The molecular formula is C12H20N4O3. The second kappa shape index (κ2) is 5.56. The summed E-state index contributed by atoms with van der Waals surface area (Å²) in [5.74, 6) is 0.530. The van der Waals surface area contributed by atoms with Crippen molar-refractivity contribution < 1.29 is 14.1 Å². The number of amides is 1. The molecule has 0 spiro atoms. The summed E-state index contributed by atoms with van der Waals surface area (Å²) in [6.07, 6.45) is 1.22. The maximum absolute atomic E-state index is 11.7. The van der Waals surface area contributed by atoms with E-state index in [-0.39, 0.29) is 11.8 Å². The van der Waals surface area contributed by atoms with Gasteiger partial charge in [0, 0.05) is 25.7 Å². The summed E-state index contributed by atoms with van der Waals surface area (Å²) in [5, 5.41) is 6.87. The molecule has 1 aromatic heterocycles. The summed E-state index contributed by atoms with van der Waals surface area (Å²) < 4.78 is 10.4. The first-order chi connectivity index (χ1) is 9.03. The first-order valence-corrected chi connectivity index (χ1v) is 6.49. The predicted molar refractivity (Wildman–Crippen MR) is 68.6 cm³/mol. The lowest BCUT2D eigenvalue weighted by atomic mass is 9.79. The highest BCUT2D eigenvalue weighted by Crippen LogP contribution is 2.30. The van der Waals surface area contributed by atoms with Gasteiger partial charge in [-0.25, -0.2) is 0 Å². The highest BCUT2D eigenvalue weighted by molar-refractivity contribution is 5.81. The van der Waals surface area contributed by atoms with Gasteiger partial charge >= 0.3 is 6.01 Å².